The fraction of sp³-hybridized carbons (Fsp3) is 0.444. The molecule has 1 atom stereocenters. The average molecular weight is 341 g/mol. The van der Waals surface area contributed by atoms with Crippen LogP contribution in [0, 0.1) is 6.92 Å². The number of piperidine rings is 1. The van der Waals surface area contributed by atoms with Gasteiger partial charge in [0, 0.05) is 38.6 Å². The molecule has 0 spiro atoms. The first-order valence-corrected chi connectivity index (χ1v) is 8.43. The molecule has 1 fully saturated rings. The molecule has 2 aromatic rings. The summed E-state index contributed by atoms with van der Waals surface area (Å²) in [5.74, 6) is 1.27. The van der Waals surface area contributed by atoms with Crippen LogP contribution in [0.25, 0.3) is 0 Å². The molecule has 1 amide bonds. The zero-order valence-corrected chi connectivity index (χ0v) is 14.8. The largest absolute Gasteiger partial charge is 0.471 e. The number of amides is 1. The first kappa shape index (κ1) is 17.1. The van der Waals surface area contributed by atoms with Crippen LogP contribution in [0.5, 0.6) is 5.88 Å². The van der Waals surface area contributed by atoms with Gasteiger partial charge in [-0.3, -0.25) is 9.78 Å². The number of nitrogens with zero attached hydrogens (tertiary/aromatic N) is 5. The molecule has 3 heterocycles. The SMILES string of the molecule is Cc1ncccc1C(=O)N1CCCC(Oc2ccc(N(C)C)nn2)C1. The summed E-state index contributed by atoms with van der Waals surface area (Å²) >= 11 is 0. The summed E-state index contributed by atoms with van der Waals surface area (Å²) in [6.45, 7) is 3.13. The minimum absolute atomic E-state index is 0.00735. The zero-order chi connectivity index (χ0) is 17.8. The second-order valence-electron chi connectivity index (χ2n) is 6.39. The number of anilines is 1. The van der Waals surface area contributed by atoms with E-state index in [0.717, 1.165) is 30.9 Å². The maximum Gasteiger partial charge on any atom is 0.255 e. The van der Waals surface area contributed by atoms with Gasteiger partial charge in [0.05, 0.1) is 12.1 Å². The predicted octanol–water partition coefficient (Wildman–Crippen LogP) is 1.93. The normalized spacial score (nSPS) is 17.2. The van der Waals surface area contributed by atoms with E-state index in [9.17, 15) is 4.79 Å². The first-order valence-electron chi connectivity index (χ1n) is 8.43. The van der Waals surface area contributed by atoms with Crippen LogP contribution in [0.4, 0.5) is 5.82 Å². The number of likely N-dealkylation sites (tertiary alicyclic amines) is 1. The minimum Gasteiger partial charge on any atom is -0.471 e. The molecule has 132 valence electrons. The van der Waals surface area contributed by atoms with Gasteiger partial charge in [-0.15, -0.1) is 10.2 Å². The smallest absolute Gasteiger partial charge is 0.255 e. The quantitative estimate of drug-likeness (QED) is 0.846. The number of aryl methyl sites for hydroxylation is 1. The van der Waals surface area contributed by atoms with E-state index in [1.54, 1.807) is 12.3 Å². The molecule has 1 aliphatic rings. The van der Waals surface area contributed by atoms with Crippen molar-refractivity contribution in [2.75, 3.05) is 32.1 Å². The second kappa shape index (κ2) is 7.46. The Bertz CT molecular complexity index is 733. The fourth-order valence-corrected chi connectivity index (χ4v) is 2.88. The van der Waals surface area contributed by atoms with Gasteiger partial charge in [0.2, 0.25) is 5.88 Å². The molecule has 0 aromatic carbocycles. The van der Waals surface area contributed by atoms with Crippen LogP contribution in [-0.2, 0) is 0 Å². The van der Waals surface area contributed by atoms with Crippen LogP contribution in [0.1, 0.15) is 28.9 Å². The number of rotatable bonds is 4. The lowest BCUT2D eigenvalue weighted by atomic mass is 10.1. The number of carbonyl (C=O) groups excluding carboxylic acids is 1. The molecule has 7 heteroatoms. The molecule has 0 radical (unpaired) electrons. The molecule has 1 saturated heterocycles. The molecule has 1 aliphatic heterocycles. The lowest BCUT2D eigenvalue weighted by molar-refractivity contribution is 0.0524. The Morgan fingerprint density at radius 2 is 2.12 bits per heavy atom. The monoisotopic (exact) mass is 341 g/mol. The summed E-state index contributed by atoms with van der Waals surface area (Å²) in [6.07, 6.45) is 3.42. The molecule has 0 bridgehead atoms. The molecule has 0 N–H and O–H groups in total. The highest BCUT2D eigenvalue weighted by Gasteiger charge is 2.27. The van der Waals surface area contributed by atoms with Gasteiger partial charge in [-0.05, 0) is 38.0 Å². The van der Waals surface area contributed by atoms with Crippen molar-refractivity contribution in [3.63, 3.8) is 0 Å². The van der Waals surface area contributed by atoms with E-state index in [-0.39, 0.29) is 12.0 Å². The Labute approximate surface area is 147 Å². The molecule has 3 rings (SSSR count). The van der Waals surface area contributed by atoms with Gasteiger partial charge in [-0.1, -0.05) is 0 Å². The highest BCUT2D eigenvalue weighted by molar-refractivity contribution is 5.95. The van der Waals surface area contributed by atoms with Crippen LogP contribution in [0.2, 0.25) is 0 Å². The standard InChI is InChI=1S/C18H23N5O2/c1-13-15(7-4-10-19-13)18(24)23-11-5-6-14(12-23)25-17-9-8-16(20-21-17)22(2)3/h4,7-10,14H,5-6,11-12H2,1-3H3. The first-order chi connectivity index (χ1) is 12.0. The maximum absolute atomic E-state index is 12.7. The number of hydrogen-bond acceptors (Lipinski definition) is 6. The Hall–Kier alpha value is -2.70. The van der Waals surface area contributed by atoms with Gasteiger partial charge in [0.25, 0.3) is 5.91 Å². The van der Waals surface area contributed by atoms with Crippen molar-refractivity contribution in [1.29, 1.82) is 0 Å². The van der Waals surface area contributed by atoms with Crippen LogP contribution in [0.15, 0.2) is 30.5 Å². The molecule has 0 aliphatic carbocycles. The van der Waals surface area contributed by atoms with Gasteiger partial charge in [-0.2, -0.15) is 0 Å². The van der Waals surface area contributed by atoms with Crippen molar-refractivity contribution in [3.8, 4) is 5.88 Å². The van der Waals surface area contributed by atoms with Crippen molar-refractivity contribution in [3.05, 3.63) is 41.7 Å². The summed E-state index contributed by atoms with van der Waals surface area (Å²) in [4.78, 5) is 20.7. The number of aromatic nitrogens is 3. The Kier molecular flexibility index (Phi) is 5.11. The summed E-state index contributed by atoms with van der Waals surface area (Å²) in [5.41, 5.74) is 1.40. The van der Waals surface area contributed by atoms with Crippen LogP contribution < -0.4 is 9.64 Å². The van der Waals surface area contributed by atoms with Crippen molar-refractivity contribution < 1.29 is 9.53 Å². The van der Waals surface area contributed by atoms with Crippen LogP contribution in [0.3, 0.4) is 0 Å². The molecule has 25 heavy (non-hydrogen) atoms. The highest BCUT2D eigenvalue weighted by Crippen LogP contribution is 2.19. The predicted molar refractivity (Wildman–Crippen MR) is 94.9 cm³/mol. The van der Waals surface area contributed by atoms with Gasteiger partial charge in [-0.25, -0.2) is 0 Å². The zero-order valence-electron chi connectivity index (χ0n) is 14.8. The van der Waals surface area contributed by atoms with E-state index in [4.69, 9.17) is 4.74 Å². The molecule has 1 unspecified atom stereocenters. The van der Waals surface area contributed by atoms with Crippen molar-refractivity contribution >= 4 is 11.7 Å². The van der Waals surface area contributed by atoms with Gasteiger partial charge in [0.15, 0.2) is 5.82 Å². The molecular weight excluding hydrogens is 318 g/mol. The van der Waals surface area contributed by atoms with Gasteiger partial charge >= 0.3 is 0 Å². The van der Waals surface area contributed by atoms with Crippen LogP contribution >= 0.6 is 0 Å². The van der Waals surface area contributed by atoms with Gasteiger partial charge in [0.1, 0.15) is 6.10 Å². The lowest BCUT2D eigenvalue weighted by Crippen LogP contribution is -2.44. The third-order valence-electron chi connectivity index (χ3n) is 4.27. The van der Waals surface area contributed by atoms with Crippen molar-refractivity contribution in [2.24, 2.45) is 0 Å². The van der Waals surface area contributed by atoms with E-state index in [1.165, 1.54) is 0 Å². The number of pyridine rings is 1. The third kappa shape index (κ3) is 4.04. The molecule has 7 nitrogen and oxygen atoms in total. The fourth-order valence-electron chi connectivity index (χ4n) is 2.88. The topological polar surface area (TPSA) is 71.5 Å². The summed E-state index contributed by atoms with van der Waals surface area (Å²) in [6, 6.07) is 7.29. The Balaban J connectivity index is 1.65. The number of hydrogen-bond donors (Lipinski definition) is 0. The number of ether oxygens (including phenoxy) is 1. The van der Waals surface area contributed by atoms with E-state index >= 15 is 0 Å². The van der Waals surface area contributed by atoms with E-state index in [0.29, 0.717) is 18.0 Å². The van der Waals surface area contributed by atoms with Crippen LogP contribution in [-0.4, -0.2) is 59.3 Å². The van der Waals surface area contributed by atoms with Gasteiger partial charge < -0.3 is 14.5 Å². The highest BCUT2D eigenvalue weighted by atomic mass is 16.5. The summed E-state index contributed by atoms with van der Waals surface area (Å²) in [5, 5.41) is 8.23. The maximum atomic E-state index is 12.7. The second-order valence-corrected chi connectivity index (χ2v) is 6.39. The molecule has 0 saturated carbocycles. The van der Waals surface area contributed by atoms with E-state index < -0.39 is 0 Å². The lowest BCUT2D eigenvalue weighted by Gasteiger charge is -2.32. The Morgan fingerprint density at radius 3 is 2.80 bits per heavy atom. The number of carbonyl (C=O) groups is 1. The molecule has 2 aromatic heterocycles. The average Bonchev–Trinajstić information content (AvgIpc) is 2.62. The summed E-state index contributed by atoms with van der Waals surface area (Å²) in [7, 11) is 3.82. The van der Waals surface area contributed by atoms with E-state index in [2.05, 4.69) is 15.2 Å². The Morgan fingerprint density at radius 1 is 1.28 bits per heavy atom. The molecular formula is C18H23N5O2. The van der Waals surface area contributed by atoms with E-state index in [1.807, 2.05) is 49.0 Å². The minimum atomic E-state index is -0.0748. The summed E-state index contributed by atoms with van der Waals surface area (Å²) < 4.78 is 5.93. The third-order valence-corrected chi connectivity index (χ3v) is 4.27. The van der Waals surface area contributed by atoms with Crippen molar-refractivity contribution in [2.45, 2.75) is 25.9 Å². The van der Waals surface area contributed by atoms with Crippen molar-refractivity contribution in [1.82, 2.24) is 20.1 Å².